The predicted molar refractivity (Wildman–Crippen MR) is 78.7 cm³/mol. The number of benzene rings is 1. The van der Waals surface area contributed by atoms with E-state index in [1.165, 1.54) is 6.42 Å². The maximum absolute atomic E-state index is 6.20. The monoisotopic (exact) mass is 269 g/mol. The van der Waals surface area contributed by atoms with E-state index in [0.717, 1.165) is 22.8 Å². The summed E-state index contributed by atoms with van der Waals surface area (Å²) in [7, 11) is 3.28. The molecule has 0 aliphatic rings. The second-order valence-corrected chi connectivity index (χ2v) is 5.74. The van der Waals surface area contributed by atoms with E-state index in [-0.39, 0.29) is 6.04 Å². The molecule has 0 saturated heterocycles. The smallest absolute Gasteiger partial charge is 0.161 e. The van der Waals surface area contributed by atoms with Crippen LogP contribution in [0.2, 0.25) is 0 Å². The molecule has 2 unspecified atom stereocenters. The topological polar surface area (TPSA) is 44.5 Å². The minimum atomic E-state index is 0.0313. The van der Waals surface area contributed by atoms with Crippen molar-refractivity contribution in [1.82, 2.24) is 0 Å². The minimum absolute atomic E-state index is 0.0313. The molecular formula is C14H23NO2S. The van der Waals surface area contributed by atoms with Crippen molar-refractivity contribution in [3.8, 4) is 11.5 Å². The molecule has 4 heteroatoms. The van der Waals surface area contributed by atoms with Crippen LogP contribution in [0.3, 0.4) is 0 Å². The summed E-state index contributed by atoms with van der Waals surface area (Å²) in [5.74, 6) is 2.40. The summed E-state index contributed by atoms with van der Waals surface area (Å²) in [6, 6.07) is 5.90. The molecule has 18 heavy (non-hydrogen) atoms. The molecule has 102 valence electrons. The first kappa shape index (κ1) is 15.2. The van der Waals surface area contributed by atoms with E-state index < -0.39 is 0 Å². The molecule has 0 bridgehead atoms. The molecule has 0 aliphatic heterocycles. The first-order chi connectivity index (χ1) is 8.62. The van der Waals surface area contributed by atoms with Gasteiger partial charge in [0.05, 0.1) is 14.2 Å². The summed E-state index contributed by atoms with van der Waals surface area (Å²) < 4.78 is 10.5. The Hall–Kier alpha value is -0.870. The lowest BCUT2D eigenvalue weighted by Crippen LogP contribution is -2.14. The van der Waals surface area contributed by atoms with Crippen LogP contribution in [-0.2, 0) is 0 Å². The number of hydrogen-bond acceptors (Lipinski definition) is 4. The van der Waals surface area contributed by atoms with Crippen molar-refractivity contribution in [2.45, 2.75) is 31.6 Å². The maximum Gasteiger partial charge on any atom is 0.161 e. The van der Waals surface area contributed by atoms with Crippen LogP contribution in [0, 0.1) is 0 Å². The quantitative estimate of drug-likeness (QED) is 0.825. The molecule has 0 amide bonds. The van der Waals surface area contributed by atoms with Crippen molar-refractivity contribution in [3.05, 3.63) is 23.8 Å². The van der Waals surface area contributed by atoms with E-state index in [2.05, 4.69) is 13.8 Å². The fourth-order valence-electron chi connectivity index (χ4n) is 1.57. The molecular weight excluding hydrogens is 246 g/mol. The van der Waals surface area contributed by atoms with Gasteiger partial charge < -0.3 is 15.2 Å². The molecule has 1 aromatic carbocycles. The van der Waals surface area contributed by atoms with E-state index in [9.17, 15) is 0 Å². The maximum atomic E-state index is 6.20. The third-order valence-corrected chi connectivity index (χ3v) is 4.42. The second-order valence-electron chi connectivity index (χ2n) is 4.27. The third-order valence-electron chi connectivity index (χ3n) is 2.97. The van der Waals surface area contributed by atoms with Crippen LogP contribution in [0.1, 0.15) is 31.9 Å². The Kier molecular flexibility index (Phi) is 6.36. The zero-order valence-electron chi connectivity index (χ0n) is 11.6. The van der Waals surface area contributed by atoms with Crippen LogP contribution in [0.15, 0.2) is 18.2 Å². The van der Waals surface area contributed by atoms with Gasteiger partial charge in [0.25, 0.3) is 0 Å². The summed E-state index contributed by atoms with van der Waals surface area (Å²) in [5.41, 5.74) is 7.28. The Morgan fingerprint density at radius 1 is 1.22 bits per heavy atom. The Bertz CT molecular complexity index is 371. The highest BCUT2D eigenvalue weighted by Gasteiger charge is 2.11. The van der Waals surface area contributed by atoms with Gasteiger partial charge in [-0.25, -0.2) is 0 Å². The van der Waals surface area contributed by atoms with Crippen LogP contribution >= 0.6 is 11.8 Å². The van der Waals surface area contributed by atoms with E-state index in [0.29, 0.717) is 5.25 Å². The molecule has 2 N–H and O–H groups in total. The van der Waals surface area contributed by atoms with Gasteiger partial charge in [0.15, 0.2) is 11.5 Å². The summed E-state index contributed by atoms with van der Waals surface area (Å²) in [6.45, 7) is 4.42. The molecule has 0 radical (unpaired) electrons. The average Bonchev–Trinajstić information content (AvgIpc) is 2.43. The molecule has 0 saturated carbocycles. The number of ether oxygens (including phenoxy) is 2. The fourth-order valence-corrected chi connectivity index (χ4v) is 2.53. The minimum Gasteiger partial charge on any atom is -0.493 e. The van der Waals surface area contributed by atoms with Gasteiger partial charge >= 0.3 is 0 Å². The fraction of sp³-hybridized carbons (Fsp3) is 0.571. The van der Waals surface area contributed by atoms with Crippen molar-refractivity contribution in [2.24, 2.45) is 5.73 Å². The van der Waals surface area contributed by atoms with Gasteiger partial charge in [0, 0.05) is 17.0 Å². The number of thioether (sulfide) groups is 1. The van der Waals surface area contributed by atoms with Crippen molar-refractivity contribution in [3.63, 3.8) is 0 Å². The van der Waals surface area contributed by atoms with Gasteiger partial charge in [-0.1, -0.05) is 19.9 Å². The van der Waals surface area contributed by atoms with Gasteiger partial charge in [-0.05, 0) is 24.1 Å². The Balaban J connectivity index is 2.70. The Labute approximate surface area is 114 Å². The number of hydrogen-bond donors (Lipinski definition) is 1. The summed E-state index contributed by atoms with van der Waals surface area (Å²) in [4.78, 5) is 0. The standard InChI is InChI=1S/C14H23NO2S/c1-5-10(2)18-9-12(15)11-6-7-13(16-3)14(8-11)17-4/h6-8,10,12H,5,9,15H2,1-4H3. The molecule has 0 aromatic heterocycles. The Morgan fingerprint density at radius 2 is 1.89 bits per heavy atom. The van der Waals surface area contributed by atoms with Gasteiger partial charge in [-0.15, -0.1) is 0 Å². The van der Waals surface area contributed by atoms with Crippen LogP contribution in [0.25, 0.3) is 0 Å². The van der Waals surface area contributed by atoms with Gasteiger partial charge in [0.2, 0.25) is 0 Å². The van der Waals surface area contributed by atoms with Crippen LogP contribution in [0.5, 0.6) is 11.5 Å². The van der Waals surface area contributed by atoms with Gasteiger partial charge in [-0.2, -0.15) is 11.8 Å². The molecule has 0 fully saturated rings. The highest BCUT2D eigenvalue weighted by molar-refractivity contribution is 7.99. The third kappa shape index (κ3) is 4.10. The number of nitrogens with two attached hydrogens (primary N) is 1. The second kappa shape index (κ2) is 7.54. The lowest BCUT2D eigenvalue weighted by Gasteiger charge is -2.16. The summed E-state index contributed by atoms with van der Waals surface area (Å²) >= 11 is 1.91. The zero-order chi connectivity index (χ0) is 13.5. The van der Waals surface area contributed by atoms with Gasteiger partial charge in [-0.3, -0.25) is 0 Å². The number of methoxy groups -OCH3 is 2. The SMILES string of the molecule is CCC(C)SCC(N)c1ccc(OC)c(OC)c1. The van der Waals surface area contributed by atoms with Crippen LogP contribution in [0.4, 0.5) is 0 Å². The van der Waals surface area contributed by atoms with Crippen molar-refractivity contribution in [2.75, 3.05) is 20.0 Å². The first-order valence-electron chi connectivity index (χ1n) is 6.21. The van der Waals surface area contributed by atoms with E-state index in [1.54, 1.807) is 14.2 Å². The van der Waals surface area contributed by atoms with Gasteiger partial charge in [0.1, 0.15) is 0 Å². The lowest BCUT2D eigenvalue weighted by atomic mass is 10.1. The van der Waals surface area contributed by atoms with Crippen molar-refractivity contribution < 1.29 is 9.47 Å². The molecule has 0 heterocycles. The summed E-state index contributed by atoms with van der Waals surface area (Å²) in [6.07, 6.45) is 1.17. The molecule has 0 spiro atoms. The zero-order valence-corrected chi connectivity index (χ0v) is 12.4. The largest absolute Gasteiger partial charge is 0.493 e. The Morgan fingerprint density at radius 3 is 2.44 bits per heavy atom. The van der Waals surface area contributed by atoms with E-state index in [4.69, 9.17) is 15.2 Å². The number of rotatable bonds is 7. The highest BCUT2D eigenvalue weighted by atomic mass is 32.2. The molecule has 3 nitrogen and oxygen atoms in total. The normalized spacial score (nSPS) is 14.1. The molecule has 1 aromatic rings. The summed E-state index contributed by atoms with van der Waals surface area (Å²) in [5, 5.41) is 0.649. The first-order valence-corrected chi connectivity index (χ1v) is 7.26. The molecule has 2 atom stereocenters. The van der Waals surface area contributed by atoms with Crippen LogP contribution < -0.4 is 15.2 Å². The van der Waals surface area contributed by atoms with Crippen LogP contribution in [-0.4, -0.2) is 25.2 Å². The highest BCUT2D eigenvalue weighted by Crippen LogP contribution is 2.30. The lowest BCUT2D eigenvalue weighted by molar-refractivity contribution is 0.354. The van der Waals surface area contributed by atoms with E-state index in [1.807, 2.05) is 30.0 Å². The average molecular weight is 269 g/mol. The van der Waals surface area contributed by atoms with E-state index >= 15 is 0 Å². The molecule has 1 rings (SSSR count). The molecule has 0 aliphatic carbocycles. The van der Waals surface area contributed by atoms with Crippen molar-refractivity contribution in [1.29, 1.82) is 0 Å². The van der Waals surface area contributed by atoms with Crippen molar-refractivity contribution >= 4 is 11.8 Å². The predicted octanol–water partition coefficient (Wildman–Crippen LogP) is 3.24.